The quantitative estimate of drug-likeness (QED) is 0.799. The SMILES string of the molecule is COc1cc2c(cc1OC)[C@@H](C)[NH+](CC(=O)Nc1ccc(N(C)C)cc1)CC2. The molecular weight excluding hydrogens is 354 g/mol. The van der Waals surface area contributed by atoms with E-state index in [1.54, 1.807) is 14.2 Å². The molecule has 3 rings (SSSR count). The van der Waals surface area contributed by atoms with Crippen molar-refractivity contribution in [2.24, 2.45) is 0 Å². The molecule has 2 N–H and O–H groups in total. The third-order valence-corrected chi connectivity index (χ3v) is 5.49. The molecule has 2 aromatic rings. The Labute approximate surface area is 167 Å². The number of hydrogen-bond donors (Lipinski definition) is 2. The highest BCUT2D eigenvalue weighted by Crippen LogP contribution is 2.33. The number of anilines is 2. The highest BCUT2D eigenvalue weighted by molar-refractivity contribution is 5.91. The predicted molar refractivity (Wildman–Crippen MR) is 112 cm³/mol. The van der Waals surface area contributed by atoms with Crippen molar-refractivity contribution < 1.29 is 19.2 Å². The van der Waals surface area contributed by atoms with Crippen molar-refractivity contribution in [3.8, 4) is 11.5 Å². The molecule has 150 valence electrons. The highest BCUT2D eigenvalue weighted by atomic mass is 16.5. The molecule has 0 spiro atoms. The molecule has 6 heteroatoms. The van der Waals surface area contributed by atoms with E-state index in [4.69, 9.17) is 9.47 Å². The number of carbonyl (C=O) groups is 1. The van der Waals surface area contributed by atoms with Gasteiger partial charge in [0.25, 0.3) is 5.91 Å². The van der Waals surface area contributed by atoms with E-state index in [0.29, 0.717) is 6.54 Å². The summed E-state index contributed by atoms with van der Waals surface area (Å²) >= 11 is 0. The third kappa shape index (κ3) is 4.22. The van der Waals surface area contributed by atoms with Crippen molar-refractivity contribution in [3.63, 3.8) is 0 Å². The monoisotopic (exact) mass is 384 g/mol. The molecule has 0 bridgehead atoms. The Morgan fingerprint density at radius 1 is 1.14 bits per heavy atom. The summed E-state index contributed by atoms with van der Waals surface area (Å²) in [6.07, 6.45) is 0.917. The molecule has 0 aliphatic carbocycles. The number of benzene rings is 2. The Balaban J connectivity index is 1.67. The van der Waals surface area contributed by atoms with Crippen LogP contribution in [-0.2, 0) is 11.2 Å². The lowest BCUT2D eigenvalue weighted by atomic mass is 9.93. The standard InChI is InChI=1S/C22H29N3O3/c1-15-19-13-21(28-5)20(27-4)12-16(19)10-11-25(15)14-22(26)23-17-6-8-18(9-7-17)24(2)3/h6-9,12-13,15H,10-11,14H2,1-5H3,(H,23,26)/p+1/t15-/m1/s1. The molecule has 0 saturated carbocycles. The summed E-state index contributed by atoms with van der Waals surface area (Å²) in [5.74, 6) is 1.53. The first-order chi connectivity index (χ1) is 13.4. The van der Waals surface area contributed by atoms with Crippen molar-refractivity contribution in [3.05, 3.63) is 47.5 Å². The maximum atomic E-state index is 12.6. The summed E-state index contributed by atoms with van der Waals surface area (Å²) in [6.45, 7) is 3.51. The summed E-state index contributed by atoms with van der Waals surface area (Å²) in [6, 6.07) is 12.2. The van der Waals surface area contributed by atoms with Crippen molar-refractivity contribution >= 4 is 17.3 Å². The van der Waals surface area contributed by atoms with Crippen LogP contribution in [0, 0.1) is 0 Å². The van der Waals surface area contributed by atoms with Crippen LogP contribution in [-0.4, -0.2) is 47.3 Å². The van der Waals surface area contributed by atoms with Gasteiger partial charge in [0, 0.05) is 37.5 Å². The summed E-state index contributed by atoms with van der Waals surface area (Å²) in [7, 11) is 7.30. The average Bonchev–Trinajstić information content (AvgIpc) is 2.69. The molecule has 1 aliphatic rings. The lowest BCUT2D eigenvalue weighted by Gasteiger charge is -2.32. The second-order valence-electron chi connectivity index (χ2n) is 7.45. The predicted octanol–water partition coefficient (Wildman–Crippen LogP) is 1.91. The van der Waals surface area contributed by atoms with E-state index in [1.807, 2.05) is 43.3 Å². The number of nitrogens with zero attached hydrogens (tertiary/aromatic N) is 1. The fourth-order valence-electron chi connectivity index (χ4n) is 3.78. The maximum Gasteiger partial charge on any atom is 0.279 e. The van der Waals surface area contributed by atoms with E-state index in [0.717, 1.165) is 35.8 Å². The van der Waals surface area contributed by atoms with Crippen LogP contribution < -0.4 is 24.6 Å². The number of carbonyl (C=O) groups excluding carboxylic acids is 1. The lowest BCUT2D eigenvalue weighted by Crippen LogP contribution is -3.14. The molecular formula is C22H30N3O3+. The summed E-state index contributed by atoms with van der Waals surface area (Å²) < 4.78 is 10.9. The van der Waals surface area contributed by atoms with Crippen LogP contribution in [0.4, 0.5) is 11.4 Å². The molecule has 1 unspecified atom stereocenters. The van der Waals surface area contributed by atoms with Crippen LogP contribution in [0.3, 0.4) is 0 Å². The molecule has 1 aliphatic heterocycles. The van der Waals surface area contributed by atoms with Gasteiger partial charge >= 0.3 is 0 Å². The zero-order valence-electron chi connectivity index (χ0n) is 17.3. The number of quaternary nitrogens is 1. The van der Waals surface area contributed by atoms with Crippen LogP contribution in [0.5, 0.6) is 11.5 Å². The first-order valence-corrected chi connectivity index (χ1v) is 9.59. The Bertz CT molecular complexity index is 834. The topological polar surface area (TPSA) is 55.2 Å². The van der Waals surface area contributed by atoms with E-state index in [-0.39, 0.29) is 11.9 Å². The molecule has 2 aromatic carbocycles. The molecule has 0 radical (unpaired) electrons. The fraction of sp³-hybridized carbons (Fsp3) is 0.409. The van der Waals surface area contributed by atoms with Gasteiger partial charge in [-0.3, -0.25) is 4.79 Å². The number of methoxy groups -OCH3 is 2. The van der Waals surface area contributed by atoms with Gasteiger partial charge in [-0.2, -0.15) is 0 Å². The number of nitrogens with one attached hydrogen (secondary N) is 2. The molecule has 1 amide bonds. The van der Waals surface area contributed by atoms with E-state index in [9.17, 15) is 4.79 Å². The van der Waals surface area contributed by atoms with E-state index >= 15 is 0 Å². The lowest BCUT2D eigenvalue weighted by molar-refractivity contribution is -0.924. The van der Waals surface area contributed by atoms with Gasteiger partial charge in [0.2, 0.25) is 0 Å². The van der Waals surface area contributed by atoms with Gasteiger partial charge in [0.1, 0.15) is 6.04 Å². The second-order valence-corrected chi connectivity index (χ2v) is 7.45. The summed E-state index contributed by atoms with van der Waals surface area (Å²) in [5.41, 5.74) is 4.43. The number of rotatable bonds is 6. The van der Waals surface area contributed by atoms with Crippen LogP contribution in [0.2, 0.25) is 0 Å². The van der Waals surface area contributed by atoms with Crippen LogP contribution in [0.15, 0.2) is 36.4 Å². The Morgan fingerprint density at radius 3 is 2.39 bits per heavy atom. The smallest absolute Gasteiger partial charge is 0.279 e. The largest absolute Gasteiger partial charge is 0.493 e. The number of amides is 1. The minimum atomic E-state index is 0.0309. The minimum absolute atomic E-state index is 0.0309. The third-order valence-electron chi connectivity index (χ3n) is 5.49. The number of ether oxygens (including phenoxy) is 2. The first-order valence-electron chi connectivity index (χ1n) is 9.59. The summed E-state index contributed by atoms with van der Waals surface area (Å²) in [4.78, 5) is 15.9. The molecule has 0 saturated heterocycles. The number of fused-ring (bicyclic) bond motifs is 1. The van der Waals surface area contributed by atoms with Gasteiger partial charge in [0.15, 0.2) is 18.0 Å². The first kappa shape index (κ1) is 20.0. The van der Waals surface area contributed by atoms with Gasteiger partial charge in [-0.15, -0.1) is 0 Å². The van der Waals surface area contributed by atoms with Crippen molar-refractivity contribution in [1.82, 2.24) is 0 Å². The van der Waals surface area contributed by atoms with Gasteiger partial charge in [-0.25, -0.2) is 0 Å². The van der Waals surface area contributed by atoms with Gasteiger partial charge in [-0.1, -0.05) is 0 Å². The van der Waals surface area contributed by atoms with Gasteiger partial charge in [0.05, 0.1) is 20.8 Å². The molecule has 0 fully saturated rings. The van der Waals surface area contributed by atoms with Crippen molar-refractivity contribution in [1.29, 1.82) is 0 Å². The normalized spacial score (nSPS) is 18.2. The van der Waals surface area contributed by atoms with Crippen LogP contribution in [0.1, 0.15) is 24.1 Å². The minimum Gasteiger partial charge on any atom is -0.493 e. The highest BCUT2D eigenvalue weighted by Gasteiger charge is 2.30. The van der Waals surface area contributed by atoms with Gasteiger partial charge in [-0.05, 0) is 48.9 Å². The van der Waals surface area contributed by atoms with Crippen LogP contribution >= 0.6 is 0 Å². The zero-order valence-corrected chi connectivity index (χ0v) is 17.3. The van der Waals surface area contributed by atoms with Crippen molar-refractivity contribution in [2.75, 3.05) is 51.6 Å². The molecule has 6 nitrogen and oxygen atoms in total. The van der Waals surface area contributed by atoms with E-state index < -0.39 is 0 Å². The van der Waals surface area contributed by atoms with E-state index in [2.05, 4.69) is 24.4 Å². The molecule has 28 heavy (non-hydrogen) atoms. The Morgan fingerprint density at radius 2 is 1.79 bits per heavy atom. The maximum absolute atomic E-state index is 12.6. The summed E-state index contributed by atoms with van der Waals surface area (Å²) in [5, 5.41) is 3.02. The van der Waals surface area contributed by atoms with Crippen LogP contribution in [0.25, 0.3) is 0 Å². The molecule has 0 aromatic heterocycles. The Kier molecular flexibility index (Phi) is 6.09. The second kappa shape index (κ2) is 8.52. The molecule has 2 atom stereocenters. The average molecular weight is 385 g/mol. The number of hydrogen-bond acceptors (Lipinski definition) is 4. The Hall–Kier alpha value is -2.73. The van der Waals surface area contributed by atoms with E-state index in [1.165, 1.54) is 16.0 Å². The van der Waals surface area contributed by atoms with Crippen molar-refractivity contribution in [2.45, 2.75) is 19.4 Å². The van der Waals surface area contributed by atoms with Gasteiger partial charge < -0.3 is 24.6 Å². The zero-order chi connectivity index (χ0) is 20.3. The fourth-order valence-corrected chi connectivity index (χ4v) is 3.78. The molecule has 1 heterocycles.